The molecule has 0 aliphatic heterocycles. The molecule has 0 atom stereocenters. The van der Waals surface area contributed by atoms with Crippen LogP contribution in [-0.4, -0.2) is 15.0 Å². The van der Waals surface area contributed by atoms with Crippen LogP contribution in [0.25, 0.3) is 16.9 Å². The van der Waals surface area contributed by atoms with Crippen LogP contribution in [0.4, 0.5) is 4.39 Å². The van der Waals surface area contributed by atoms with Gasteiger partial charge in [0, 0.05) is 24.0 Å². The highest BCUT2D eigenvalue weighted by atomic mass is 32.1. The van der Waals surface area contributed by atoms with Crippen molar-refractivity contribution >= 4 is 11.3 Å². The predicted octanol–water partition coefficient (Wildman–Crippen LogP) is 4.42. The third-order valence-corrected chi connectivity index (χ3v) is 4.74. The van der Waals surface area contributed by atoms with Gasteiger partial charge in [-0.05, 0) is 46.8 Å². The van der Waals surface area contributed by atoms with E-state index in [1.807, 2.05) is 29.8 Å². The SMILES string of the molecule is Fc1ccc(CNCc2cccc(-n3cc(-c4ccsc4)nn3)c2)cc1. The first-order valence-corrected chi connectivity index (χ1v) is 9.21. The first-order valence-electron chi connectivity index (χ1n) is 8.27. The molecule has 2 aromatic heterocycles. The van der Waals surface area contributed by atoms with Crippen LogP contribution in [0.5, 0.6) is 0 Å². The zero-order chi connectivity index (χ0) is 17.8. The van der Waals surface area contributed by atoms with Crippen molar-refractivity contribution in [2.24, 2.45) is 0 Å². The van der Waals surface area contributed by atoms with Crippen molar-refractivity contribution in [3.8, 4) is 16.9 Å². The lowest BCUT2D eigenvalue weighted by atomic mass is 10.2. The largest absolute Gasteiger partial charge is 0.309 e. The monoisotopic (exact) mass is 364 g/mol. The van der Waals surface area contributed by atoms with E-state index in [9.17, 15) is 4.39 Å². The minimum Gasteiger partial charge on any atom is -0.309 e. The van der Waals surface area contributed by atoms with Crippen LogP contribution in [-0.2, 0) is 13.1 Å². The first-order chi connectivity index (χ1) is 12.8. The average molecular weight is 364 g/mol. The fourth-order valence-corrected chi connectivity index (χ4v) is 3.34. The summed E-state index contributed by atoms with van der Waals surface area (Å²) in [5.41, 5.74) is 5.13. The van der Waals surface area contributed by atoms with E-state index in [4.69, 9.17) is 0 Å². The Labute approximate surface area is 154 Å². The van der Waals surface area contributed by atoms with Gasteiger partial charge in [-0.25, -0.2) is 9.07 Å². The summed E-state index contributed by atoms with van der Waals surface area (Å²) < 4.78 is 14.7. The van der Waals surface area contributed by atoms with Crippen LogP contribution in [0, 0.1) is 5.82 Å². The summed E-state index contributed by atoms with van der Waals surface area (Å²) in [6.45, 7) is 1.41. The second-order valence-corrected chi connectivity index (χ2v) is 6.74. The van der Waals surface area contributed by atoms with Crippen LogP contribution >= 0.6 is 11.3 Å². The number of benzene rings is 2. The molecule has 4 nitrogen and oxygen atoms in total. The predicted molar refractivity (Wildman–Crippen MR) is 102 cm³/mol. The summed E-state index contributed by atoms with van der Waals surface area (Å²) in [7, 11) is 0. The Bertz CT molecular complexity index is 977. The Morgan fingerprint density at radius 3 is 2.65 bits per heavy atom. The van der Waals surface area contributed by atoms with Crippen LogP contribution in [0.3, 0.4) is 0 Å². The summed E-state index contributed by atoms with van der Waals surface area (Å²) in [5.74, 6) is -0.212. The lowest BCUT2D eigenvalue weighted by molar-refractivity contribution is 0.625. The zero-order valence-corrected chi connectivity index (χ0v) is 14.8. The third-order valence-electron chi connectivity index (χ3n) is 4.06. The van der Waals surface area contributed by atoms with Gasteiger partial charge in [0.2, 0.25) is 0 Å². The molecule has 4 aromatic rings. The van der Waals surface area contributed by atoms with Crippen molar-refractivity contribution in [1.29, 1.82) is 0 Å². The van der Waals surface area contributed by atoms with Crippen molar-refractivity contribution in [3.63, 3.8) is 0 Å². The van der Waals surface area contributed by atoms with Gasteiger partial charge >= 0.3 is 0 Å². The smallest absolute Gasteiger partial charge is 0.123 e. The normalized spacial score (nSPS) is 11.0. The second kappa shape index (κ2) is 7.59. The van der Waals surface area contributed by atoms with E-state index in [1.165, 1.54) is 12.1 Å². The molecule has 6 heteroatoms. The molecule has 2 heterocycles. The Morgan fingerprint density at radius 1 is 1.00 bits per heavy atom. The van der Waals surface area contributed by atoms with Crippen LogP contribution in [0.1, 0.15) is 11.1 Å². The molecular weight excluding hydrogens is 347 g/mol. The minimum absolute atomic E-state index is 0.212. The highest BCUT2D eigenvalue weighted by Crippen LogP contribution is 2.20. The Morgan fingerprint density at radius 2 is 1.85 bits per heavy atom. The van der Waals surface area contributed by atoms with Gasteiger partial charge < -0.3 is 5.32 Å². The second-order valence-electron chi connectivity index (χ2n) is 5.96. The molecule has 0 saturated heterocycles. The number of hydrogen-bond donors (Lipinski definition) is 1. The van der Waals surface area contributed by atoms with E-state index in [-0.39, 0.29) is 5.82 Å². The molecule has 0 aliphatic rings. The standard InChI is InChI=1S/C20H17FN4S/c21-18-6-4-15(5-7-18)11-22-12-16-2-1-3-19(10-16)25-13-20(23-24-25)17-8-9-26-14-17/h1-10,13-14,22H,11-12H2. The Hall–Kier alpha value is -2.83. The molecular formula is C20H17FN4S. The van der Waals surface area contributed by atoms with Gasteiger partial charge in [0.15, 0.2) is 0 Å². The molecule has 0 fully saturated rings. The minimum atomic E-state index is -0.212. The van der Waals surface area contributed by atoms with E-state index < -0.39 is 0 Å². The van der Waals surface area contributed by atoms with E-state index in [0.717, 1.165) is 34.6 Å². The molecule has 0 aliphatic carbocycles. The number of hydrogen-bond acceptors (Lipinski definition) is 4. The lowest BCUT2D eigenvalue weighted by Crippen LogP contribution is -2.13. The van der Waals surface area contributed by atoms with Gasteiger partial charge in [0.1, 0.15) is 11.5 Å². The van der Waals surface area contributed by atoms with Crippen LogP contribution in [0.2, 0.25) is 0 Å². The molecule has 0 bridgehead atoms. The van der Waals surface area contributed by atoms with Gasteiger partial charge in [-0.2, -0.15) is 11.3 Å². The number of nitrogens with one attached hydrogen (secondary N) is 1. The molecule has 26 heavy (non-hydrogen) atoms. The fraction of sp³-hybridized carbons (Fsp3) is 0.100. The van der Waals surface area contributed by atoms with Gasteiger partial charge in [-0.1, -0.05) is 29.5 Å². The molecule has 0 spiro atoms. The average Bonchev–Trinajstić information content (AvgIpc) is 3.35. The topological polar surface area (TPSA) is 42.7 Å². The summed E-state index contributed by atoms with van der Waals surface area (Å²) in [6, 6.07) is 16.8. The van der Waals surface area contributed by atoms with Gasteiger partial charge in [0.25, 0.3) is 0 Å². The zero-order valence-electron chi connectivity index (χ0n) is 14.0. The van der Waals surface area contributed by atoms with Crippen molar-refractivity contribution in [2.45, 2.75) is 13.1 Å². The van der Waals surface area contributed by atoms with Crippen LogP contribution < -0.4 is 5.32 Å². The van der Waals surface area contributed by atoms with Crippen LogP contribution in [0.15, 0.2) is 71.6 Å². The maximum Gasteiger partial charge on any atom is 0.123 e. The maximum absolute atomic E-state index is 12.9. The van der Waals surface area contributed by atoms with E-state index in [1.54, 1.807) is 28.2 Å². The number of halogens is 1. The number of aromatic nitrogens is 3. The number of thiophene rings is 1. The summed E-state index contributed by atoms with van der Waals surface area (Å²) in [4.78, 5) is 0. The van der Waals surface area contributed by atoms with Crippen molar-refractivity contribution in [2.75, 3.05) is 0 Å². The summed E-state index contributed by atoms with van der Waals surface area (Å²) in [6.07, 6.45) is 1.94. The summed E-state index contributed by atoms with van der Waals surface area (Å²) >= 11 is 1.64. The Balaban J connectivity index is 1.42. The third kappa shape index (κ3) is 3.87. The molecule has 130 valence electrons. The van der Waals surface area contributed by atoms with E-state index in [2.05, 4.69) is 33.1 Å². The summed E-state index contributed by atoms with van der Waals surface area (Å²) in [5, 5.41) is 15.9. The molecule has 0 saturated carbocycles. The van der Waals surface area contributed by atoms with Crippen molar-refractivity contribution in [1.82, 2.24) is 20.3 Å². The molecule has 0 radical (unpaired) electrons. The van der Waals surface area contributed by atoms with E-state index >= 15 is 0 Å². The van der Waals surface area contributed by atoms with Gasteiger partial charge in [0.05, 0.1) is 11.9 Å². The molecule has 2 aromatic carbocycles. The molecule has 4 rings (SSSR count). The molecule has 0 unspecified atom stereocenters. The van der Waals surface area contributed by atoms with Gasteiger partial charge in [-0.15, -0.1) is 5.10 Å². The lowest BCUT2D eigenvalue weighted by Gasteiger charge is -2.07. The quantitative estimate of drug-likeness (QED) is 0.551. The number of rotatable bonds is 6. The fourth-order valence-electron chi connectivity index (χ4n) is 2.69. The molecule has 0 amide bonds. The highest BCUT2D eigenvalue weighted by molar-refractivity contribution is 7.08. The molecule has 1 N–H and O–H groups in total. The maximum atomic E-state index is 12.9. The van der Waals surface area contributed by atoms with Crippen molar-refractivity contribution < 1.29 is 4.39 Å². The first kappa shape index (κ1) is 16.6. The van der Waals surface area contributed by atoms with Crippen molar-refractivity contribution in [3.05, 3.63) is 88.5 Å². The number of nitrogens with zero attached hydrogens (tertiary/aromatic N) is 3. The highest BCUT2D eigenvalue weighted by Gasteiger charge is 2.06. The van der Waals surface area contributed by atoms with E-state index in [0.29, 0.717) is 6.54 Å². The Kier molecular flexibility index (Phi) is 4.86. The van der Waals surface area contributed by atoms with Gasteiger partial charge in [-0.3, -0.25) is 0 Å².